The molecular formula is C18H17N9. The van der Waals surface area contributed by atoms with Gasteiger partial charge in [0, 0.05) is 44.8 Å². The van der Waals surface area contributed by atoms with Gasteiger partial charge in [-0.3, -0.25) is 0 Å². The minimum atomic E-state index is 0.739. The predicted molar refractivity (Wildman–Crippen MR) is 101 cm³/mol. The van der Waals surface area contributed by atoms with Gasteiger partial charge in [0.2, 0.25) is 5.95 Å². The molecule has 1 aliphatic heterocycles. The van der Waals surface area contributed by atoms with Gasteiger partial charge in [-0.1, -0.05) is 6.07 Å². The molecule has 0 atom stereocenters. The van der Waals surface area contributed by atoms with E-state index in [2.05, 4.69) is 39.8 Å². The van der Waals surface area contributed by atoms with Crippen LogP contribution in [0.1, 0.15) is 0 Å². The zero-order valence-corrected chi connectivity index (χ0v) is 14.5. The maximum Gasteiger partial charge on any atom is 0.225 e. The highest BCUT2D eigenvalue weighted by Gasteiger charge is 2.22. The van der Waals surface area contributed by atoms with E-state index < -0.39 is 0 Å². The summed E-state index contributed by atoms with van der Waals surface area (Å²) in [6, 6.07) is 7.55. The molecule has 1 saturated heterocycles. The van der Waals surface area contributed by atoms with Gasteiger partial charge >= 0.3 is 0 Å². The molecule has 9 heteroatoms. The van der Waals surface area contributed by atoms with Crippen molar-refractivity contribution in [1.29, 1.82) is 0 Å². The van der Waals surface area contributed by atoms with Crippen LogP contribution in [0.5, 0.6) is 0 Å². The van der Waals surface area contributed by atoms with E-state index in [4.69, 9.17) is 0 Å². The van der Waals surface area contributed by atoms with Gasteiger partial charge in [0.25, 0.3) is 0 Å². The average molecular weight is 359 g/mol. The minimum absolute atomic E-state index is 0.739. The Morgan fingerprint density at radius 2 is 1.52 bits per heavy atom. The first-order chi connectivity index (χ1) is 13.4. The molecule has 0 aromatic carbocycles. The van der Waals surface area contributed by atoms with Crippen molar-refractivity contribution in [3.05, 3.63) is 55.4 Å². The molecule has 134 valence electrons. The smallest absolute Gasteiger partial charge is 0.225 e. The summed E-state index contributed by atoms with van der Waals surface area (Å²) in [5.41, 5.74) is 0.757. The lowest BCUT2D eigenvalue weighted by Crippen LogP contribution is -2.47. The summed E-state index contributed by atoms with van der Waals surface area (Å²) in [5, 5.41) is 5.40. The molecule has 5 heterocycles. The monoisotopic (exact) mass is 359 g/mol. The first-order valence-corrected chi connectivity index (χ1v) is 8.77. The lowest BCUT2D eigenvalue weighted by atomic mass is 10.3. The summed E-state index contributed by atoms with van der Waals surface area (Å²) >= 11 is 0. The fourth-order valence-corrected chi connectivity index (χ4v) is 3.30. The first-order valence-electron chi connectivity index (χ1n) is 8.77. The molecule has 0 saturated carbocycles. The van der Waals surface area contributed by atoms with E-state index in [9.17, 15) is 0 Å². The summed E-state index contributed by atoms with van der Waals surface area (Å²) in [7, 11) is 0. The number of aromatic nitrogens is 7. The summed E-state index contributed by atoms with van der Waals surface area (Å²) in [6.45, 7) is 3.34. The Kier molecular flexibility index (Phi) is 3.82. The number of rotatable bonds is 3. The van der Waals surface area contributed by atoms with Crippen LogP contribution in [0.25, 0.3) is 16.9 Å². The van der Waals surface area contributed by atoms with E-state index >= 15 is 0 Å². The minimum Gasteiger partial charge on any atom is -0.352 e. The van der Waals surface area contributed by atoms with Gasteiger partial charge in [-0.05, 0) is 18.2 Å². The molecule has 9 nitrogen and oxygen atoms in total. The van der Waals surface area contributed by atoms with Gasteiger partial charge in [0.15, 0.2) is 11.5 Å². The van der Waals surface area contributed by atoms with Crippen LogP contribution in [-0.2, 0) is 0 Å². The Hall–Kier alpha value is -3.62. The van der Waals surface area contributed by atoms with E-state index in [1.165, 1.54) is 0 Å². The van der Waals surface area contributed by atoms with Gasteiger partial charge in [-0.15, -0.1) is 0 Å². The lowest BCUT2D eigenvalue weighted by molar-refractivity contribution is 0.636. The molecule has 0 amide bonds. The number of anilines is 2. The number of nitrogens with zero attached hydrogens (tertiary/aromatic N) is 9. The molecule has 0 N–H and O–H groups in total. The quantitative estimate of drug-likeness (QED) is 0.541. The summed E-state index contributed by atoms with van der Waals surface area (Å²) in [4.78, 5) is 26.4. The number of hydrogen-bond acceptors (Lipinski definition) is 8. The van der Waals surface area contributed by atoms with Crippen molar-refractivity contribution < 1.29 is 0 Å². The molecule has 1 aliphatic rings. The average Bonchev–Trinajstić information content (AvgIpc) is 3.19. The maximum absolute atomic E-state index is 4.53. The third-order valence-corrected chi connectivity index (χ3v) is 4.63. The highest BCUT2D eigenvalue weighted by molar-refractivity contribution is 5.87. The van der Waals surface area contributed by atoms with Crippen molar-refractivity contribution in [3.8, 4) is 5.82 Å². The topological polar surface area (TPSA) is 88.8 Å². The normalized spacial score (nSPS) is 14.7. The van der Waals surface area contributed by atoms with Crippen molar-refractivity contribution in [1.82, 2.24) is 34.7 Å². The van der Waals surface area contributed by atoms with Crippen molar-refractivity contribution in [2.45, 2.75) is 0 Å². The number of pyridine rings is 1. The Bertz CT molecular complexity index is 1040. The van der Waals surface area contributed by atoms with E-state index in [0.29, 0.717) is 0 Å². The molecule has 4 aromatic heterocycles. The van der Waals surface area contributed by atoms with Crippen LogP contribution >= 0.6 is 0 Å². The fraction of sp³-hybridized carbons (Fsp3) is 0.222. The third kappa shape index (κ3) is 2.82. The highest BCUT2D eigenvalue weighted by Crippen LogP contribution is 2.25. The highest BCUT2D eigenvalue weighted by atomic mass is 15.4. The second kappa shape index (κ2) is 6.60. The Labute approximate surface area is 155 Å². The molecule has 5 rings (SSSR count). The first kappa shape index (κ1) is 15.6. The molecule has 0 bridgehead atoms. The molecule has 0 radical (unpaired) electrons. The van der Waals surface area contributed by atoms with Gasteiger partial charge < -0.3 is 9.80 Å². The Morgan fingerprint density at radius 3 is 2.30 bits per heavy atom. The maximum atomic E-state index is 4.53. The number of piperazine rings is 1. The van der Waals surface area contributed by atoms with Gasteiger partial charge in [0.05, 0.1) is 11.6 Å². The zero-order valence-electron chi connectivity index (χ0n) is 14.5. The molecular weight excluding hydrogens is 342 g/mol. The molecule has 1 fully saturated rings. The number of hydrogen-bond donors (Lipinski definition) is 0. The zero-order chi connectivity index (χ0) is 18.1. The predicted octanol–water partition coefficient (Wildman–Crippen LogP) is 1.33. The van der Waals surface area contributed by atoms with Crippen LogP contribution in [0.15, 0.2) is 55.4 Å². The van der Waals surface area contributed by atoms with Crippen LogP contribution in [-0.4, -0.2) is 60.9 Å². The van der Waals surface area contributed by atoms with Crippen LogP contribution in [0, 0.1) is 0 Å². The van der Waals surface area contributed by atoms with Crippen LogP contribution in [0.2, 0.25) is 0 Å². The summed E-state index contributed by atoms with van der Waals surface area (Å²) < 4.78 is 1.74. The van der Waals surface area contributed by atoms with Gasteiger partial charge in [-0.2, -0.15) is 9.78 Å². The van der Waals surface area contributed by atoms with Crippen molar-refractivity contribution >= 4 is 22.8 Å². The van der Waals surface area contributed by atoms with Crippen LogP contribution in [0.3, 0.4) is 0 Å². The molecule has 27 heavy (non-hydrogen) atoms. The number of fused-ring (bicyclic) bond motifs is 1. The summed E-state index contributed by atoms with van der Waals surface area (Å²) in [5.74, 6) is 2.41. The third-order valence-electron chi connectivity index (χ3n) is 4.63. The van der Waals surface area contributed by atoms with Gasteiger partial charge in [0.1, 0.15) is 12.1 Å². The van der Waals surface area contributed by atoms with Crippen LogP contribution < -0.4 is 9.80 Å². The van der Waals surface area contributed by atoms with E-state index in [-0.39, 0.29) is 0 Å². The Morgan fingerprint density at radius 1 is 0.741 bits per heavy atom. The van der Waals surface area contributed by atoms with Crippen molar-refractivity contribution in [3.63, 3.8) is 0 Å². The standard InChI is InChI=1S/C18H17N9/c1-2-5-19-15(4-1)27-17-14(12-24-27)16(22-13-23-17)25-8-10-26(11-9-25)18-20-6-3-7-21-18/h1-7,12-13H,8-11H2. The van der Waals surface area contributed by atoms with Crippen molar-refractivity contribution in [2.24, 2.45) is 0 Å². The van der Waals surface area contributed by atoms with Crippen LogP contribution in [0.4, 0.5) is 11.8 Å². The molecule has 4 aromatic rings. The second-order valence-electron chi connectivity index (χ2n) is 6.20. The second-order valence-corrected chi connectivity index (χ2v) is 6.20. The molecule has 0 unspecified atom stereocenters. The SMILES string of the molecule is c1ccc(-n2ncc3c(N4CCN(c5ncccn5)CC4)ncnc32)nc1. The van der Waals surface area contributed by atoms with E-state index in [1.807, 2.05) is 30.5 Å². The molecule has 0 spiro atoms. The van der Waals surface area contributed by atoms with E-state index in [1.54, 1.807) is 29.6 Å². The fourth-order valence-electron chi connectivity index (χ4n) is 3.30. The lowest BCUT2D eigenvalue weighted by Gasteiger charge is -2.35. The summed E-state index contributed by atoms with van der Waals surface area (Å²) in [6.07, 6.45) is 8.69. The Balaban J connectivity index is 1.42. The van der Waals surface area contributed by atoms with Crippen molar-refractivity contribution in [2.75, 3.05) is 36.0 Å². The van der Waals surface area contributed by atoms with Gasteiger partial charge in [-0.25, -0.2) is 24.9 Å². The largest absolute Gasteiger partial charge is 0.352 e. The molecule has 0 aliphatic carbocycles. The van der Waals surface area contributed by atoms with E-state index in [0.717, 1.165) is 54.8 Å².